The third-order valence-electron chi connectivity index (χ3n) is 13.5. The predicted octanol–water partition coefficient (Wildman–Crippen LogP) is 13.6. The Morgan fingerprint density at radius 2 is 0.851 bits per heavy atom. The SMILES string of the molecule is CCCCCCCCCCCCCCCCCCCCCCCCCCCOCC(COC1OC(CO)C(O)C(OS(=O)(=O)O)C1O)OC(=O)CCCCCCCCCCCCCCCCC. The van der Waals surface area contributed by atoms with E-state index in [1.54, 1.807) is 0 Å². The van der Waals surface area contributed by atoms with Gasteiger partial charge in [-0.25, -0.2) is 4.18 Å². The largest absolute Gasteiger partial charge is 0.457 e. The van der Waals surface area contributed by atoms with Gasteiger partial charge in [0, 0.05) is 13.0 Å². The molecule has 4 N–H and O–H groups in total. The maximum atomic E-state index is 12.9. The zero-order chi connectivity index (χ0) is 48.9. The Hall–Kier alpha value is -0.900. The zero-order valence-electron chi connectivity index (χ0n) is 43.2. The summed E-state index contributed by atoms with van der Waals surface area (Å²) in [6.07, 6.45) is 42.9. The van der Waals surface area contributed by atoms with Gasteiger partial charge in [0.2, 0.25) is 0 Å². The van der Waals surface area contributed by atoms with Gasteiger partial charge >= 0.3 is 16.4 Å². The molecule has 1 aliphatic rings. The smallest absolute Gasteiger partial charge is 0.397 e. The first kappa shape index (κ1) is 64.1. The predicted molar refractivity (Wildman–Crippen MR) is 271 cm³/mol. The van der Waals surface area contributed by atoms with Crippen LogP contribution in [0.4, 0.5) is 0 Å². The minimum Gasteiger partial charge on any atom is -0.457 e. The Morgan fingerprint density at radius 3 is 1.19 bits per heavy atom. The van der Waals surface area contributed by atoms with Crippen molar-refractivity contribution in [3.63, 3.8) is 0 Å². The van der Waals surface area contributed by atoms with E-state index in [-0.39, 0.29) is 19.6 Å². The number of ether oxygens (including phenoxy) is 4. The van der Waals surface area contributed by atoms with Crippen molar-refractivity contribution < 1.29 is 56.2 Å². The molecule has 6 atom stereocenters. The summed E-state index contributed by atoms with van der Waals surface area (Å²) >= 11 is 0. The highest BCUT2D eigenvalue weighted by molar-refractivity contribution is 7.80. The van der Waals surface area contributed by atoms with E-state index >= 15 is 0 Å². The summed E-state index contributed by atoms with van der Waals surface area (Å²) in [6, 6.07) is 0. The minimum absolute atomic E-state index is 0.0455. The highest BCUT2D eigenvalue weighted by Gasteiger charge is 2.48. The van der Waals surface area contributed by atoms with Crippen LogP contribution in [0.25, 0.3) is 0 Å². The Balaban J connectivity index is 2.25. The molecule has 0 bridgehead atoms. The van der Waals surface area contributed by atoms with Crippen LogP contribution in [-0.2, 0) is 38.3 Å². The van der Waals surface area contributed by atoms with Gasteiger partial charge in [-0.15, -0.1) is 0 Å². The van der Waals surface area contributed by atoms with Gasteiger partial charge in [0.25, 0.3) is 0 Å². The van der Waals surface area contributed by atoms with Gasteiger partial charge < -0.3 is 34.3 Å². The summed E-state index contributed by atoms with van der Waals surface area (Å²) in [7, 11) is -5.06. The molecule has 1 rings (SSSR count). The molecule has 0 aromatic carbocycles. The van der Waals surface area contributed by atoms with Crippen LogP contribution in [0.3, 0.4) is 0 Å². The molecular weight excluding hydrogens is 873 g/mol. The van der Waals surface area contributed by atoms with E-state index in [1.165, 1.54) is 212 Å². The molecule has 12 nitrogen and oxygen atoms in total. The Morgan fingerprint density at radius 1 is 0.507 bits per heavy atom. The van der Waals surface area contributed by atoms with E-state index in [0.29, 0.717) is 13.0 Å². The number of hydrogen-bond acceptors (Lipinski definition) is 11. The first-order valence-corrected chi connectivity index (χ1v) is 29.7. The molecule has 6 unspecified atom stereocenters. The van der Waals surface area contributed by atoms with E-state index in [4.69, 9.17) is 18.9 Å². The molecule has 0 aliphatic carbocycles. The first-order chi connectivity index (χ1) is 32.6. The number of rotatable bonds is 51. The van der Waals surface area contributed by atoms with Crippen molar-refractivity contribution in [2.75, 3.05) is 26.4 Å². The molecule has 0 saturated carbocycles. The lowest BCUT2D eigenvalue weighted by molar-refractivity contribution is -0.301. The van der Waals surface area contributed by atoms with Crippen molar-refractivity contribution in [3.05, 3.63) is 0 Å². The molecular formula is C54H106O12S. The topological polar surface area (TPSA) is 178 Å². The van der Waals surface area contributed by atoms with E-state index in [2.05, 4.69) is 18.0 Å². The third-order valence-corrected chi connectivity index (χ3v) is 13.9. The molecule has 0 radical (unpaired) electrons. The lowest BCUT2D eigenvalue weighted by Gasteiger charge is -2.41. The van der Waals surface area contributed by atoms with Gasteiger partial charge in [0.1, 0.15) is 30.5 Å². The summed E-state index contributed by atoms with van der Waals surface area (Å²) in [5.74, 6) is -0.390. The van der Waals surface area contributed by atoms with Gasteiger partial charge in [0.15, 0.2) is 6.29 Å². The fourth-order valence-electron chi connectivity index (χ4n) is 9.21. The molecule has 0 aromatic heterocycles. The van der Waals surface area contributed by atoms with Crippen molar-refractivity contribution in [1.29, 1.82) is 0 Å². The van der Waals surface area contributed by atoms with Gasteiger partial charge in [-0.3, -0.25) is 9.35 Å². The standard InChI is InChI=1S/C54H106O12S/c1-3-5-7-9-11-13-15-17-19-20-21-22-23-24-25-26-27-28-30-32-34-36-38-40-42-44-62-46-48(47-63-54-52(58)53(66-67(59,60)61)51(57)49(45-55)65-54)64-50(56)43-41-39-37-35-33-31-29-18-16-14-12-10-8-6-4-2/h48-49,51-55,57-58H,3-47H2,1-2H3,(H,59,60,61). The summed E-state index contributed by atoms with van der Waals surface area (Å²) in [4.78, 5) is 12.9. The summed E-state index contributed by atoms with van der Waals surface area (Å²) in [5, 5.41) is 30.8. The molecule has 13 heteroatoms. The van der Waals surface area contributed by atoms with Crippen LogP contribution in [0.15, 0.2) is 0 Å². The second-order valence-corrected chi connectivity index (χ2v) is 20.9. The molecule has 67 heavy (non-hydrogen) atoms. The van der Waals surface area contributed by atoms with Gasteiger partial charge in [-0.05, 0) is 12.8 Å². The lowest BCUT2D eigenvalue weighted by atomic mass is 9.99. The molecule has 0 amide bonds. The number of carbonyl (C=O) groups excluding carboxylic acids is 1. The molecule has 0 aromatic rings. The van der Waals surface area contributed by atoms with Gasteiger partial charge in [-0.2, -0.15) is 8.42 Å². The molecule has 1 aliphatic heterocycles. The first-order valence-electron chi connectivity index (χ1n) is 28.3. The number of unbranched alkanes of at least 4 members (excludes halogenated alkanes) is 38. The Labute approximate surface area is 411 Å². The van der Waals surface area contributed by atoms with Crippen LogP contribution >= 0.6 is 0 Å². The molecule has 1 fully saturated rings. The third kappa shape index (κ3) is 39.4. The van der Waals surface area contributed by atoms with Crippen LogP contribution in [-0.4, -0.2) is 97.5 Å². The number of carbonyl (C=O) groups is 1. The monoisotopic (exact) mass is 979 g/mol. The van der Waals surface area contributed by atoms with E-state index in [9.17, 15) is 33.1 Å². The fraction of sp³-hybridized carbons (Fsp3) is 0.981. The molecule has 1 heterocycles. The van der Waals surface area contributed by atoms with E-state index < -0.39 is 59.8 Å². The number of aliphatic hydroxyl groups is 3. The van der Waals surface area contributed by atoms with Crippen LogP contribution in [0.2, 0.25) is 0 Å². The summed E-state index contributed by atoms with van der Waals surface area (Å²) in [6.45, 7) is 4.07. The molecule has 0 spiro atoms. The zero-order valence-corrected chi connectivity index (χ0v) is 44.1. The van der Waals surface area contributed by atoms with Gasteiger partial charge in [0.05, 0.1) is 19.8 Å². The average Bonchev–Trinajstić information content (AvgIpc) is 3.30. The maximum Gasteiger partial charge on any atom is 0.397 e. The number of aliphatic hydroxyl groups excluding tert-OH is 3. The second kappa shape index (κ2) is 46.2. The van der Waals surface area contributed by atoms with E-state index in [1.807, 2.05) is 0 Å². The van der Waals surface area contributed by atoms with Crippen LogP contribution in [0, 0.1) is 0 Å². The average molecular weight is 979 g/mol. The van der Waals surface area contributed by atoms with Gasteiger partial charge in [-0.1, -0.05) is 258 Å². The van der Waals surface area contributed by atoms with Crippen LogP contribution in [0.1, 0.15) is 277 Å². The quantitative estimate of drug-likeness (QED) is 0.0258. The molecule has 1 saturated heterocycles. The summed E-state index contributed by atoms with van der Waals surface area (Å²) in [5.41, 5.74) is 0. The van der Waals surface area contributed by atoms with Crippen molar-refractivity contribution in [2.45, 2.75) is 314 Å². The van der Waals surface area contributed by atoms with Crippen LogP contribution < -0.4 is 0 Å². The highest BCUT2D eigenvalue weighted by Crippen LogP contribution is 2.26. The maximum absolute atomic E-state index is 12.9. The van der Waals surface area contributed by atoms with Crippen LogP contribution in [0.5, 0.6) is 0 Å². The number of esters is 1. The van der Waals surface area contributed by atoms with Crippen molar-refractivity contribution >= 4 is 16.4 Å². The van der Waals surface area contributed by atoms with Crippen molar-refractivity contribution in [3.8, 4) is 0 Å². The van der Waals surface area contributed by atoms with E-state index in [0.717, 1.165) is 38.5 Å². The lowest BCUT2D eigenvalue weighted by Crippen LogP contribution is -2.60. The summed E-state index contributed by atoms with van der Waals surface area (Å²) < 4.78 is 59.4. The second-order valence-electron chi connectivity index (χ2n) is 19.9. The normalized spacial score (nSPS) is 19.3. The minimum atomic E-state index is -5.06. The van der Waals surface area contributed by atoms with Crippen molar-refractivity contribution in [1.82, 2.24) is 0 Å². The number of hydrogen-bond donors (Lipinski definition) is 4. The Bertz CT molecular complexity index is 1180. The fourth-order valence-corrected chi connectivity index (χ4v) is 9.72. The molecule has 400 valence electrons. The highest BCUT2D eigenvalue weighted by atomic mass is 32.3. The van der Waals surface area contributed by atoms with Crippen molar-refractivity contribution in [2.24, 2.45) is 0 Å². The Kier molecular flexibility index (Phi) is 44.2.